The molecule has 8 nitrogen and oxygen atoms in total. The fraction of sp³-hybridized carbons (Fsp3) is 0.294. The van der Waals surface area contributed by atoms with Crippen LogP contribution in [-0.4, -0.2) is 39.4 Å². The second-order valence-electron chi connectivity index (χ2n) is 5.95. The monoisotopic (exact) mass is 371 g/mol. The lowest BCUT2D eigenvalue weighted by Crippen LogP contribution is -2.22. The Hall–Kier alpha value is -2.78. The average molecular weight is 371 g/mol. The standard InChI is InChI=1S/C17H17N5O3S/c1-25-9-15(23)19-14-8-12(13-6-3-7-26-13)21-22(14)17-18-11-5-2-4-10(11)16(24)20-17/h3,6-8H,2,4-5,9H2,1H3,(H,19,23)(H,18,20,24). The molecule has 0 fully saturated rings. The Bertz CT molecular complexity index is 1010. The van der Waals surface area contributed by atoms with E-state index in [1.807, 2.05) is 17.5 Å². The normalized spacial score (nSPS) is 13.0. The van der Waals surface area contributed by atoms with Crippen molar-refractivity contribution in [3.63, 3.8) is 0 Å². The number of carbonyl (C=O) groups is 1. The second-order valence-corrected chi connectivity index (χ2v) is 6.90. The summed E-state index contributed by atoms with van der Waals surface area (Å²) in [5, 5.41) is 9.25. The summed E-state index contributed by atoms with van der Waals surface area (Å²) in [4.78, 5) is 32.6. The number of anilines is 1. The lowest BCUT2D eigenvalue weighted by atomic mass is 10.3. The van der Waals surface area contributed by atoms with Gasteiger partial charge in [0.2, 0.25) is 5.95 Å². The number of aryl methyl sites for hydroxylation is 1. The van der Waals surface area contributed by atoms with Gasteiger partial charge >= 0.3 is 0 Å². The van der Waals surface area contributed by atoms with E-state index in [1.54, 1.807) is 17.4 Å². The summed E-state index contributed by atoms with van der Waals surface area (Å²) in [6.07, 6.45) is 2.44. The predicted molar refractivity (Wildman–Crippen MR) is 97.8 cm³/mol. The van der Waals surface area contributed by atoms with E-state index in [-0.39, 0.29) is 18.1 Å². The van der Waals surface area contributed by atoms with Gasteiger partial charge in [-0.15, -0.1) is 11.3 Å². The lowest BCUT2D eigenvalue weighted by Gasteiger charge is -2.08. The van der Waals surface area contributed by atoms with Gasteiger partial charge in [0.1, 0.15) is 18.1 Å². The van der Waals surface area contributed by atoms with Crippen molar-refractivity contribution < 1.29 is 9.53 Å². The highest BCUT2D eigenvalue weighted by molar-refractivity contribution is 7.13. The maximum Gasteiger partial charge on any atom is 0.255 e. The number of hydrogen-bond donors (Lipinski definition) is 2. The molecule has 0 atom stereocenters. The summed E-state index contributed by atoms with van der Waals surface area (Å²) in [6.45, 7) is -0.0757. The predicted octanol–water partition coefficient (Wildman–Crippen LogP) is 1.76. The van der Waals surface area contributed by atoms with E-state index in [4.69, 9.17) is 4.74 Å². The third kappa shape index (κ3) is 3.06. The third-order valence-corrected chi connectivity index (χ3v) is 5.05. The van der Waals surface area contributed by atoms with Gasteiger partial charge in [-0.05, 0) is 30.7 Å². The Labute approximate surface area is 152 Å². The maximum atomic E-state index is 12.3. The number of H-pyrrole nitrogens is 1. The average Bonchev–Trinajstić information content (AvgIpc) is 3.35. The van der Waals surface area contributed by atoms with E-state index in [2.05, 4.69) is 20.4 Å². The number of carbonyl (C=O) groups excluding carboxylic acids is 1. The van der Waals surface area contributed by atoms with Crippen LogP contribution in [0.5, 0.6) is 0 Å². The number of rotatable bonds is 5. The van der Waals surface area contributed by atoms with Gasteiger partial charge < -0.3 is 10.1 Å². The van der Waals surface area contributed by atoms with Crippen molar-refractivity contribution in [1.82, 2.24) is 19.7 Å². The molecular formula is C17H17N5O3S. The number of hydrogen-bond acceptors (Lipinski definition) is 6. The molecular weight excluding hydrogens is 354 g/mol. The largest absolute Gasteiger partial charge is 0.375 e. The number of fused-ring (bicyclic) bond motifs is 1. The minimum atomic E-state index is -0.310. The van der Waals surface area contributed by atoms with E-state index in [0.717, 1.165) is 35.4 Å². The van der Waals surface area contributed by atoms with Crippen molar-refractivity contribution in [2.24, 2.45) is 0 Å². The van der Waals surface area contributed by atoms with Gasteiger partial charge in [0.25, 0.3) is 11.5 Å². The molecule has 9 heteroatoms. The van der Waals surface area contributed by atoms with Crippen LogP contribution in [0, 0.1) is 0 Å². The number of thiophene rings is 1. The summed E-state index contributed by atoms with van der Waals surface area (Å²) in [5.41, 5.74) is 2.08. The zero-order chi connectivity index (χ0) is 18.1. The number of amides is 1. The Morgan fingerprint density at radius 1 is 1.46 bits per heavy atom. The topological polar surface area (TPSA) is 102 Å². The molecule has 3 heterocycles. The van der Waals surface area contributed by atoms with Gasteiger partial charge in [0.05, 0.1) is 10.6 Å². The second kappa shape index (κ2) is 6.85. The minimum absolute atomic E-state index is 0.0757. The molecule has 2 N–H and O–H groups in total. The number of nitrogens with one attached hydrogen (secondary N) is 2. The fourth-order valence-corrected chi connectivity index (χ4v) is 3.70. The van der Waals surface area contributed by atoms with E-state index < -0.39 is 0 Å². The molecule has 134 valence electrons. The molecule has 0 saturated carbocycles. The van der Waals surface area contributed by atoms with Crippen molar-refractivity contribution >= 4 is 23.1 Å². The number of nitrogens with zero attached hydrogens (tertiary/aromatic N) is 3. The van der Waals surface area contributed by atoms with Crippen LogP contribution >= 0.6 is 11.3 Å². The van der Waals surface area contributed by atoms with Crippen molar-refractivity contribution in [3.05, 3.63) is 45.2 Å². The van der Waals surface area contributed by atoms with E-state index in [1.165, 1.54) is 11.8 Å². The van der Waals surface area contributed by atoms with Crippen molar-refractivity contribution in [1.29, 1.82) is 0 Å². The molecule has 0 bridgehead atoms. The van der Waals surface area contributed by atoms with Gasteiger partial charge in [-0.2, -0.15) is 9.78 Å². The molecule has 26 heavy (non-hydrogen) atoms. The van der Waals surface area contributed by atoms with Crippen LogP contribution in [0.25, 0.3) is 16.5 Å². The summed E-state index contributed by atoms with van der Waals surface area (Å²) < 4.78 is 6.33. The van der Waals surface area contributed by atoms with Crippen molar-refractivity contribution in [2.75, 3.05) is 19.0 Å². The highest BCUT2D eigenvalue weighted by Gasteiger charge is 2.21. The maximum absolute atomic E-state index is 12.3. The van der Waals surface area contributed by atoms with Crippen LogP contribution in [0.1, 0.15) is 17.7 Å². The van der Waals surface area contributed by atoms with E-state index in [0.29, 0.717) is 17.5 Å². The van der Waals surface area contributed by atoms with Crippen LogP contribution < -0.4 is 10.9 Å². The highest BCUT2D eigenvalue weighted by atomic mass is 32.1. The van der Waals surface area contributed by atoms with E-state index in [9.17, 15) is 9.59 Å². The molecule has 0 aliphatic heterocycles. The first-order chi connectivity index (χ1) is 12.7. The molecule has 0 spiro atoms. The first kappa shape index (κ1) is 16.7. The molecule has 0 saturated heterocycles. The minimum Gasteiger partial charge on any atom is -0.375 e. The molecule has 3 aromatic rings. The van der Waals surface area contributed by atoms with Crippen LogP contribution in [0.2, 0.25) is 0 Å². The Morgan fingerprint density at radius 2 is 2.35 bits per heavy atom. The summed E-state index contributed by atoms with van der Waals surface area (Å²) in [5.74, 6) is 0.414. The van der Waals surface area contributed by atoms with Gasteiger partial charge in [0.15, 0.2) is 0 Å². The molecule has 0 radical (unpaired) electrons. The van der Waals surface area contributed by atoms with Gasteiger partial charge in [0, 0.05) is 18.7 Å². The molecule has 0 aromatic carbocycles. The quantitative estimate of drug-likeness (QED) is 0.711. The van der Waals surface area contributed by atoms with Gasteiger partial charge in [-0.1, -0.05) is 6.07 Å². The molecule has 0 unspecified atom stereocenters. The number of methoxy groups -OCH3 is 1. The Morgan fingerprint density at radius 3 is 3.12 bits per heavy atom. The van der Waals surface area contributed by atoms with E-state index >= 15 is 0 Å². The molecule has 1 amide bonds. The first-order valence-corrected chi connectivity index (χ1v) is 9.09. The summed E-state index contributed by atoms with van der Waals surface area (Å²) >= 11 is 1.54. The summed E-state index contributed by atoms with van der Waals surface area (Å²) in [7, 11) is 1.45. The van der Waals surface area contributed by atoms with Gasteiger partial charge in [-0.25, -0.2) is 4.98 Å². The fourth-order valence-electron chi connectivity index (χ4n) is 3.02. The van der Waals surface area contributed by atoms with Crippen LogP contribution in [0.4, 0.5) is 5.82 Å². The molecule has 1 aliphatic rings. The summed E-state index contributed by atoms with van der Waals surface area (Å²) in [6, 6.07) is 5.63. The highest BCUT2D eigenvalue weighted by Crippen LogP contribution is 2.27. The molecule has 3 aromatic heterocycles. The third-order valence-electron chi connectivity index (χ3n) is 4.16. The van der Waals surface area contributed by atoms with Crippen LogP contribution in [0.15, 0.2) is 28.4 Å². The number of aromatic nitrogens is 4. The van der Waals surface area contributed by atoms with Crippen LogP contribution in [0.3, 0.4) is 0 Å². The van der Waals surface area contributed by atoms with Crippen LogP contribution in [-0.2, 0) is 22.4 Å². The van der Waals surface area contributed by atoms with Gasteiger partial charge in [-0.3, -0.25) is 14.6 Å². The molecule has 4 rings (SSSR count). The number of ether oxygens (including phenoxy) is 1. The van der Waals surface area contributed by atoms with Crippen molar-refractivity contribution in [3.8, 4) is 16.5 Å². The lowest BCUT2D eigenvalue weighted by molar-refractivity contribution is -0.119. The SMILES string of the molecule is COCC(=O)Nc1cc(-c2cccs2)nn1-c1nc2c(c(=O)[nH]1)CCC2. The zero-order valence-corrected chi connectivity index (χ0v) is 14.9. The van der Waals surface area contributed by atoms with Crippen molar-refractivity contribution in [2.45, 2.75) is 19.3 Å². The zero-order valence-electron chi connectivity index (χ0n) is 14.1. The number of aromatic amines is 1. The molecule has 1 aliphatic carbocycles. The smallest absolute Gasteiger partial charge is 0.255 e. The first-order valence-electron chi connectivity index (χ1n) is 8.21. The Kier molecular flexibility index (Phi) is 4.39. The Balaban J connectivity index is 1.80.